The van der Waals surface area contributed by atoms with Gasteiger partial charge < -0.3 is 5.32 Å². The third-order valence-corrected chi connectivity index (χ3v) is 7.59. The highest BCUT2D eigenvalue weighted by atomic mass is 32.2. The first-order chi connectivity index (χ1) is 13.5. The van der Waals surface area contributed by atoms with Crippen LogP contribution in [0.1, 0.15) is 44.2 Å². The Morgan fingerprint density at radius 1 is 0.929 bits per heavy atom. The van der Waals surface area contributed by atoms with Crippen molar-refractivity contribution < 1.29 is 13.2 Å². The third kappa shape index (κ3) is 5.53. The molecule has 2 heterocycles. The fourth-order valence-corrected chi connectivity index (χ4v) is 5.63. The molecular weight excluding hydrogens is 376 g/mol. The van der Waals surface area contributed by atoms with Crippen molar-refractivity contribution in [1.29, 1.82) is 0 Å². The number of piperidine rings is 1. The first-order valence-corrected chi connectivity index (χ1v) is 11.7. The van der Waals surface area contributed by atoms with E-state index < -0.39 is 10.2 Å². The van der Waals surface area contributed by atoms with Crippen molar-refractivity contribution >= 4 is 16.1 Å². The van der Waals surface area contributed by atoms with E-state index in [1.807, 2.05) is 37.3 Å². The molecule has 0 spiro atoms. The molecule has 8 heteroatoms. The van der Waals surface area contributed by atoms with Gasteiger partial charge in [0.25, 0.3) is 10.2 Å². The van der Waals surface area contributed by atoms with Crippen LogP contribution in [0.3, 0.4) is 0 Å². The predicted octanol–water partition coefficient (Wildman–Crippen LogP) is 1.60. The minimum absolute atomic E-state index is 0.0244. The molecule has 0 radical (unpaired) electrons. The number of amides is 1. The molecule has 1 unspecified atom stereocenters. The van der Waals surface area contributed by atoms with Gasteiger partial charge in [0, 0.05) is 32.7 Å². The number of carbonyl (C=O) groups excluding carboxylic acids is 1. The molecule has 7 nitrogen and oxygen atoms in total. The number of nitrogens with one attached hydrogen (secondary N) is 1. The van der Waals surface area contributed by atoms with Crippen LogP contribution in [0.25, 0.3) is 0 Å². The molecule has 2 aliphatic rings. The van der Waals surface area contributed by atoms with Crippen LogP contribution >= 0.6 is 0 Å². The first kappa shape index (κ1) is 21.2. The molecule has 1 aromatic carbocycles. The van der Waals surface area contributed by atoms with Crippen LogP contribution in [0.15, 0.2) is 30.3 Å². The summed E-state index contributed by atoms with van der Waals surface area (Å²) in [4.78, 5) is 14.5. The van der Waals surface area contributed by atoms with Crippen LogP contribution in [-0.2, 0) is 15.0 Å². The maximum atomic E-state index is 12.9. The number of rotatable bonds is 6. The van der Waals surface area contributed by atoms with Crippen LogP contribution in [0.2, 0.25) is 0 Å². The van der Waals surface area contributed by atoms with E-state index >= 15 is 0 Å². The zero-order valence-corrected chi connectivity index (χ0v) is 17.5. The summed E-state index contributed by atoms with van der Waals surface area (Å²) in [6.45, 7) is 5.82. The van der Waals surface area contributed by atoms with E-state index in [1.165, 1.54) is 0 Å². The molecule has 2 fully saturated rings. The van der Waals surface area contributed by atoms with Gasteiger partial charge in [0.15, 0.2) is 0 Å². The van der Waals surface area contributed by atoms with E-state index in [4.69, 9.17) is 0 Å². The molecular formula is C20H32N4O3S. The van der Waals surface area contributed by atoms with E-state index in [9.17, 15) is 13.2 Å². The Morgan fingerprint density at radius 3 is 2.29 bits per heavy atom. The zero-order chi connectivity index (χ0) is 20.0. The van der Waals surface area contributed by atoms with Crippen molar-refractivity contribution in [3.05, 3.63) is 35.9 Å². The first-order valence-electron chi connectivity index (χ1n) is 10.3. The number of nitrogens with zero attached hydrogens (tertiary/aromatic N) is 3. The summed E-state index contributed by atoms with van der Waals surface area (Å²) in [5, 5.41) is 3.04. The van der Waals surface area contributed by atoms with Crippen LogP contribution in [0.4, 0.5) is 0 Å². The highest BCUT2D eigenvalue weighted by Crippen LogP contribution is 2.18. The number of hydrogen-bond donors (Lipinski definition) is 1. The Kier molecular flexibility index (Phi) is 7.45. The van der Waals surface area contributed by atoms with Gasteiger partial charge in [0.1, 0.15) is 0 Å². The lowest BCUT2D eigenvalue weighted by Gasteiger charge is -2.31. The van der Waals surface area contributed by atoms with Gasteiger partial charge in [0.05, 0.1) is 12.6 Å². The van der Waals surface area contributed by atoms with E-state index in [2.05, 4.69) is 10.2 Å². The van der Waals surface area contributed by atoms with Crippen LogP contribution < -0.4 is 5.32 Å². The second-order valence-corrected chi connectivity index (χ2v) is 9.62. The Hall–Kier alpha value is -1.48. The minimum Gasteiger partial charge on any atom is -0.348 e. The van der Waals surface area contributed by atoms with Crippen LogP contribution in [0.5, 0.6) is 0 Å². The van der Waals surface area contributed by atoms with Crippen LogP contribution in [-0.4, -0.2) is 73.6 Å². The lowest BCUT2D eigenvalue weighted by molar-refractivity contribution is -0.122. The maximum absolute atomic E-state index is 12.9. The SMILES string of the molecule is CC(NC(=O)CN1CCCN(S(=O)(=O)N2CCCCC2)CC1)c1ccccc1. The molecule has 0 saturated carbocycles. The smallest absolute Gasteiger partial charge is 0.282 e. The standard InChI is InChI=1S/C20H32N4O3S/c1-18(19-9-4-2-5-10-19)21-20(25)17-22-11-8-14-24(16-15-22)28(26,27)23-12-6-3-7-13-23/h2,4-5,9-10,18H,3,6-8,11-17H2,1H3,(H,21,25). The number of benzene rings is 1. The number of hydrogen-bond acceptors (Lipinski definition) is 4. The van der Waals surface area contributed by atoms with Gasteiger partial charge in [-0.15, -0.1) is 0 Å². The van der Waals surface area contributed by atoms with Crippen molar-refractivity contribution in [3.63, 3.8) is 0 Å². The fraction of sp³-hybridized carbons (Fsp3) is 0.650. The van der Waals surface area contributed by atoms with Crippen LogP contribution in [0, 0.1) is 0 Å². The fourth-order valence-electron chi connectivity index (χ4n) is 3.91. The highest BCUT2D eigenvalue weighted by molar-refractivity contribution is 7.86. The molecule has 3 rings (SSSR count). The van der Waals surface area contributed by atoms with Crippen molar-refractivity contribution in [2.75, 3.05) is 45.8 Å². The van der Waals surface area contributed by atoms with Gasteiger partial charge in [-0.1, -0.05) is 36.8 Å². The average Bonchev–Trinajstić information content (AvgIpc) is 2.95. The predicted molar refractivity (Wildman–Crippen MR) is 110 cm³/mol. The highest BCUT2D eigenvalue weighted by Gasteiger charge is 2.32. The Bertz CT molecular complexity index is 735. The van der Waals surface area contributed by atoms with Gasteiger partial charge in [-0.2, -0.15) is 17.0 Å². The lowest BCUT2D eigenvalue weighted by atomic mass is 10.1. The molecule has 0 bridgehead atoms. The largest absolute Gasteiger partial charge is 0.348 e. The molecule has 0 aliphatic carbocycles. The maximum Gasteiger partial charge on any atom is 0.282 e. The molecule has 28 heavy (non-hydrogen) atoms. The topological polar surface area (TPSA) is 73.0 Å². The van der Waals surface area contributed by atoms with E-state index in [0.29, 0.717) is 39.3 Å². The monoisotopic (exact) mass is 408 g/mol. The Balaban J connectivity index is 1.50. The average molecular weight is 409 g/mol. The second-order valence-electron chi connectivity index (χ2n) is 7.70. The van der Waals surface area contributed by atoms with E-state index in [0.717, 1.165) is 37.8 Å². The zero-order valence-electron chi connectivity index (χ0n) is 16.7. The van der Waals surface area contributed by atoms with E-state index in [-0.39, 0.29) is 11.9 Å². The van der Waals surface area contributed by atoms with Crippen molar-refractivity contribution in [2.45, 2.75) is 38.6 Å². The van der Waals surface area contributed by atoms with E-state index in [1.54, 1.807) is 8.61 Å². The summed E-state index contributed by atoms with van der Waals surface area (Å²) in [5.41, 5.74) is 1.07. The summed E-state index contributed by atoms with van der Waals surface area (Å²) >= 11 is 0. The summed E-state index contributed by atoms with van der Waals surface area (Å²) in [6.07, 6.45) is 3.74. The quantitative estimate of drug-likeness (QED) is 0.776. The number of carbonyl (C=O) groups is 1. The summed E-state index contributed by atoms with van der Waals surface area (Å²) in [5.74, 6) is -0.0244. The molecule has 1 atom stereocenters. The van der Waals surface area contributed by atoms with Crippen molar-refractivity contribution in [2.24, 2.45) is 0 Å². The Labute approximate surface area is 168 Å². The molecule has 1 N–H and O–H groups in total. The lowest BCUT2D eigenvalue weighted by Crippen LogP contribution is -2.47. The minimum atomic E-state index is -3.38. The van der Waals surface area contributed by atoms with Gasteiger partial charge in [-0.05, 0) is 38.3 Å². The van der Waals surface area contributed by atoms with Gasteiger partial charge in [-0.3, -0.25) is 9.69 Å². The molecule has 0 aromatic heterocycles. The summed E-state index contributed by atoms with van der Waals surface area (Å²) in [6, 6.07) is 9.84. The van der Waals surface area contributed by atoms with Crippen molar-refractivity contribution in [1.82, 2.24) is 18.8 Å². The normalized spacial score (nSPS) is 21.8. The van der Waals surface area contributed by atoms with Gasteiger partial charge in [-0.25, -0.2) is 0 Å². The van der Waals surface area contributed by atoms with Gasteiger partial charge in [0.2, 0.25) is 5.91 Å². The van der Waals surface area contributed by atoms with Gasteiger partial charge >= 0.3 is 0 Å². The molecule has 2 saturated heterocycles. The second kappa shape index (κ2) is 9.82. The summed E-state index contributed by atoms with van der Waals surface area (Å²) in [7, 11) is -3.38. The third-order valence-electron chi connectivity index (χ3n) is 5.56. The summed E-state index contributed by atoms with van der Waals surface area (Å²) < 4.78 is 29.0. The molecule has 2 aliphatic heterocycles. The molecule has 1 aromatic rings. The Morgan fingerprint density at radius 2 is 1.57 bits per heavy atom. The molecule has 156 valence electrons. The molecule has 1 amide bonds. The van der Waals surface area contributed by atoms with Crippen molar-refractivity contribution in [3.8, 4) is 0 Å².